The molecule has 4 heteroatoms. The molecule has 0 aliphatic heterocycles. The van der Waals surface area contributed by atoms with Crippen LogP contribution in [0.5, 0.6) is 0 Å². The summed E-state index contributed by atoms with van der Waals surface area (Å²) in [5.74, 6) is 0.376. The van der Waals surface area contributed by atoms with Crippen LogP contribution in [0.25, 0.3) is 0 Å². The lowest BCUT2D eigenvalue weighted by Crippen LogP contribution is -2.44. The second-order valence-electron chi connectivity index (χ2n) is 7.34. The Morgan fingerprint density at radius 2 is 2.00 bits per heavy atom. The molecule has 0 saturated heterocycles. The molecule has 0 aromatic heterocycles. The fraction of sp³-hybridized carbons (Fsp3) is 0.882. The summed E-state index contributed by atoms with van der Waals surface area (Å²) in [6.45, 7) is 5.91. The van der Waals surface area contributed by atoms with Gasteiger partial charge in [0.1, 0.15) is 0 Å². The second kappa shape index (κ2) is 6.37. The number of fused-ring (bicyclic) bond motifs is 2. The SMILES string of the molecule is CCOC(=O)C(CC(C)C)(CC1CC2CCC1C2)C(=O)O. The summed E-state index contributed by atoms with van der Waals surface area (Å²) < 4.78 is 5.14. The second-order valence-corrected chi connectivity index (χ2v) is 7.34. The molecule has 120 valence electrons. The van der Waals surface area contributed by atoms with Crippen molar-refractivity contribution >= 4 is 11.9 Å². The highest BCUT2D eigenvalue weighted by molar-refractivity contribution is 5.99. The lowest BCUT2D eigenvalue weighted by atomic mass is 9.70. The molecule has 2 aliphatic rings. The molecule has 0 heterocycles. The van der Waals surface area contributed by atoms with Gasteiger partial charge in [-0.2, -0.15) is 0 Å². The van der Waals surface area contributed by atoms with Gasteiger partial charge in [-0.1, -0.05) is 20.3 Å². The fourth-order valence-corrected chi connectivity index (χ4v) is 4.55. The van der Waals surface area contributed by atoms with E-state index in [-0.39, 0.29) is 12.5 Å². The van der Waals surface area contributed by atoms with Gasteiger partial charge in [-0.15, -0.1) is 0 Å². The smallest absolute Gasteiger partial charge is 0.323 e. The van der Waals surface area contributed by atoms with Crippen LogP contribution in [0.4, 0.5) is 0 Å². The molecular formula is C17H28O4. The number of carboxylic acid groups (broad SMARTS) is 1. The Hall–Kier alpha value is -1.06. The number of carboxylic acids is 1. The van der Waals surface area contributed by atoms with Gasteiger partial charge in [0.05, 0.1) is 6.61 Å². The predicted octanol–water partition coefficient (Wildman–Crippen LogP) is 3.49. The molecule has 0 spiro atoms. The number of carbonyl (C=O) groups is 2. The lowest BCUT2D eigenvalue weighted by molar-refractivity contribution is -0.172. The summed E-state index contributed by atoms with van der Waals surface area (Å²) in [5.41, 5.74) is -1.35. The summed E-state index contributed by atoms with van der Waals surface area (Å²) >= 11 is 0. The van der Waals surface area contributed by atoms with E-state index >= 15 is 0 Å². The zero-order valence-electron chi connectivity index (χ0n) is 13.4. The molecule has 4 atom stereocenters. The zero-order chi connectivity index (χ0) is 15.6. The molecule has 0 amide bonds. The molecule has 21 heavy (non-hydrogen) atoms. The molecule has 2 saturated carbocycles. The summed E-state index contributed by atoms with van der Waals surface area (Å²) in [7, 11) is 0. The van der Waals surface area contributed by atoms with E-state index in [4.69, 9.17) is 4.74 Å². The summed E-state index contributed by atoms with van der Waals surface area (Å²) in [5, 5.41) is 9.80. The van der Waals surface area contributed by atoms with Crippen molar-refractivity contribution in [2.24, 2.45) is 29.1 Å². The first-order valence-electron chi connectivity index (χ1n) is 8.29. The first kappa shape index (κ1) is 16.3. The summed E-state index contributed by atoms with van der Waals surface area (Å²) in [4.78, 5) is 24.4. The Bertz CT molecular complexity index is 404. The van der Waals surface area contributed by atoms with Crippen LogP contribution in [0.2, 0.25) is 0 Å². The van der Waals surface area contributed by atoms with Crippen molar-refractivity contribution in [3.8, 4) is 0 Å². The first-order chi connectivity index (χ1) is 9.89. The Kier molecular flexibility index (Phi) is 4.95. The maximum Gasteiger partial charge on any atom is 0.323 e. The van der Waals surface area contributed by atoms with Crippen LogP contribution in [0, 0.1) is 29.1 Å². The minimum atomic E-state index is -1.35. The van der Waals surface area contributed by atoms with Crippen LogP contribution in [0.3, 0.4) is 0 Å². The van der Waals surface area contributed by atoms with Gasteiger partial charge in [0.25, 0.3) is 0 Å². The van der Waals surface area contributed by atoms with E-state index in [2.05, 4.69) is 0 Å². The maximum atomic E-state index is 12.4. The third-order valence-corrected chi connectivity index (χ3v) is 5.33. The number of hydrogen-bond acceptors (Lipinski definition) is 3. The van der Waals surface area contributed by atoms with Crippen molar-refractivity contribution in [1.29, 1.82) is 0 Å². The molecule has 2 bridgehead atoms. The molecule has 4 unspecified atom stereocenters. The van der Waals surface area contributed by atoms with E-state index in [1.807, 2.05) is 13.8 Å². The van der Waals surface area contributed by atoms with Crippen molar-refractivity contribution in [1.82, 2.24) is 0 Å². The molecule has 0 aromatic rings. The monoisotopic (exact) mass is 296 g/mol. The van der Waals surface area contributed by atoms with Crippen molar-refractivity contribution in [2.45, 2.75) is 59.3 Å². The van der Waals surface area contributed by atoms with E-state index in [0.717, 1.165) is 12.3 Å². The standard InChI is InChI=1S/C17H28O4/c1-4-21-16(20)17(15(18)19,9-11(2)3)10-14-8-12-5-6-13(14)7-12/h11-14H,4-10H2,1-3H3,(H,18,19). The van der Waals surface area contributed by atoms with Gasteiger partial charge in [0, 0.05) is 0 Å². The zero-order valence-corrected chi connectivity index (χ0v) is 13.4. The van der Waals surface area contributed by atoms with Crippen molar-refractivity contribution in [3.63, 3.8) is 0 Å². The highest BCUT2D eigenvalue weighted by Gasteiger charge is 2.52. The topological polar surface area (TPSA) is 63.6 Å². The number of rotatable bonds is 7. The van der Waals surface area contributed by atoms with Crippen molar-refractivity contribution < 1.29 is 19.4 Å². The normalized spacial score (nSPS) is 30.4. The summed E-state index contributed by atoms with van der Waals surface area (Å²) in [6.07, 6.45) is 5.64. The van der Waals surface area contributed by atoms with Crippen LogP contribution in [0.15, 0.2) is 0 Å². The van der Waals surface area contributed by atoms with Crippen molar-refractivity contribution in [3.05, 3.63) is 0 Å². The molecule has 2 aliphatic carbocycles. The first-order valence-corrected chi connectivity index (χ1v) is 8.29. The average Bonchev–Trinajstić information content (AvgIpc) is 2.99. The van der Waals surface area contributed by atoms with E-state index < -0.39 is 17.4 Å². The largest absolute Gasteiger partial charge is 0.480 e. The predicted molar refractivity (Wildman–Crippen MR) is 79.7 cm³/mol. The Labute approximate surface area is 127 Å². The third-order valence-electron chi connectivity index (χ3n) is 5.33. The Morgan fingerprint density at radius 1 is 1.29 bits per heavy atom. The molecule has 0 radical (unpaired) electrons. The number of esters is 1. The number of aliphatic carboxylic acids is 1. The fourth-order valence-electron chi connectivity index (χ4n) is 4.55. The van der Waals surface area contributed by atoms with Gasteiger partial charge in [0.2, 0.25) is 0 Å². The third kappa shape index (κ3) is 3.24. The van der Waals surface area contributed by atoms with Crippen LogP contribution >= 0.6 is 0 Å². The van der Waals surface area contributed by atoms with Gasteiger partial charge < -0.3 is 9.84 Å². The minimum absolute atomic E-state index is 0.157. The minimum Gasteiger partial charge on any atom is -0.480 e. The quantitative estimate of drug-likeness (QED) is 0.577. The number of carbonyl (C=O) groups excluding carboxylic acids is 1. The lowest BCUT2D eigenvalue weighted by Gasteiger charge is -2.34. The molecule has 4 nitrogen and oxygen atoms in total. The van der Waals surface area contributed by atoms with E-state index in [0.29, 0.717) is 24.7 Å². The van der Waals surface area contributed by atoms with Crippen molar-refractivity contribution in [2.75, 3.05) is 6.61 Å². The molecular weight excluding hydrogens is 268 g/mol. The summed E-state index contributed by atoms with van der Waals surface area (Å²) in [6, 6.07) is 0. The number of hydrogen-bond donors (Lipinski definition) is 1. The van der Waals surface area contributed by atoms with Gasteiger partial charge in [-0.3, -0.25) is 9.59 Å². The highest BCUT2D eigenvalue weighted by atomic mass is 16.5. The molecule has 1 N–H and O–H groups in total. The maximum absolute atomic E-state index is 12.4. The number of ether oxygens (including phenoxy) is 1. The Balaban J connectivity index is 2.20. The van der Waals surface area contributed by atoms with Crippen LogP contribution < -0.4 is 0 Å². The molecule has 2 rings (SSSR count). The molecule has 0 aromatic carbocycles. The van der Waals surface area contributed by atoms with Gasteiger partial charge >= 0.3 is 11.9 Å². The van der Waals surface area contributed by atoms with Crippen LogP contribution in [-0.2, 0) is 14.3 Å². The average molecular weight is 296 g/mol. The van der Waals surface area contributed by atoms with E-state index in [1.165, 1.54) is 19.3 Å². The van der Waals surface area contributed by atoms with Crippen LogP contribution in [-0.4, -0.2) is 23.7 Å². The van der Waals surface area contributed by atoms with Gasteiger partial charge in [0.15, 0.2) is 5.41 Å². The van der Waals surface area contributed by atoms with Gasteiger partial charge in [-0.05, 0) is 62.7 Å². The van der Waals surface area contributed by atoms with Gasteiger partial charge in [-0.25, -0.2) is 0 Å². The van der Waals surface area contributed by atoms with Crippen LogP contribution in [0.1, 0.15) is 59.3 Å². The van der Waals surface area contributed by atoms with E-state index in [1.54, 1.807) is 6.92 Å². The highest BCUT2D eigenvalue weighted by Crippen LogP contribution is 2.53. The molecule has 2 fully saturated rings. The Morgan fingerprint density at radius 3 is 2.43 bits per heavy atom. The van der Waals surface area contributed by atoms with E-state index in [9.17, 15) is 14.7 Å².